The quantitative estimate of drug-likeness (QED) is 0.796. The number of ether oxygens (including phenoxy) is 2. The van der Waals surface area contributed by atoms with E-state index in [4.69, 9.17) is 26.8 Å². The van der Waals surface area contributed by atoms with E-state index in [0.29, 0.717) is 37.1 Å². The smallest absolute Gasteiger partial charge is 0.138 e. The maximum atomic E-state index is 6.23. The molecule has 0 heterocycles. The lowest BCUT2D eigenvalue weighted by Crippen LogP contribution is -2.13. The van der Waals surface area contributed by atoms with Crippen molar-refractivity contribution >= 4 is 11.6 Å². The van der Waals surface area contributed by atoms with Crippen LogP contribution in [0.4, 0.5) is 0 Å². The first-order chi connectivity index (χ1) is 9.81. The SMILES string of the molecule is NCCOCCOc1ccc(-c2ccccc2)cc1Cl. The van der Waals surface area contributed by atoms with Gasteiger partial charge >= 0.3 is 0 Å². The maximum Gasteiger partial charge on any atom is 0.138 e. The third-order valence-corrected chi connectivity index (χ3v) is 3.08. The largest absolute Gasteiger partial charge is 0.490 e. The molecule has 106 valence electrons. The lowest BCUT2D eigenvalue weighted by Gasteiger charge is -2.10. The van der Waals surface area contributed by atoms with Gasteiger partial charge in [0.2, 0.25) is 0 Å². The summed E-state index contributed by atoms with van der Waals surface area (Å²) in [4.78, 5) is 0. The van der Waals surface area contributed by atoms with Crippen LogP contribution in [0, 0.1) is 0 Å². The van der Waals surface area contributed by atoms with Gasteiger partial charge in [-0.05, 0) is 23.3 Å². The van der Waals surface area contributed by atoms with Gasteiger partial charge in [0.05, 0.1) is 18.2 Å². The Bertz CT molecular complexity index is 531. The molecule has 2 rings (SSSR count). The Morgan fingerprint density at radius 3 is 2.40 bits per heavy atom. The van der Waals surface area contributed by atoms with Crippen LogP contribution in [0.25, 0.3) is 11.1 Å². The first kappa shape index (κ1) is 14.9. The molecule has 0 aliphatic carbocycles. The van der Waals surface area contributed by atoms with Crippen LogP contribution in [-0.2, 0) is 4.74 Å². The summed E-state index contributed by atoms with van der Waals surface area (Å²) in [5.74, 6) is 0.669. The van der Waals surface area contributed by atoms with Crippen molar-refractivity contribution in [2.45, 2.75) is 0 Å². The van der Waals surface area contributed by atoms with E-state index in [1.807, 2.05) is 48.5 Å². The molecule has 0 bridgehead atoms. The van der Waals surface area contributed by atoms with E-state index in [1.54, 1.807) is 0 Å². The van der Waals surface area contributed by atoms with E-state index < -0.39 is 0 Å². The first-order valence-corrected chi connectivity index (χ1v) is 6.94. The second-order valence-electron chi connectivity index (χ2n) is 4.26. The first-order valence-electron chi connectivity index (χ1n) is 6.57. The van der Waals surface area contributed by atoms with Crippen LogP contribution in [0.5, 0.6) is 5.75 Å². The molecule has 2 N–H and O–H groups in total. The molecule has 0 unspecified atom stereocenters. The summed E-state index contributed by atoms with van der Waals surface area (Å²) in [5, 5.41) is 0.602. The number of rotatable bonds is 7. The standard InChI is InChI=1S/C16H18ClNO2/c17-15-12-14(13-4-2-1-3-5-13)6-7-16(15)20-11-10-19-9-8-18/h1-7,12H,8-11,18H2. The molecule has 0 aromatic heterocycles. The average Bonchev–Trinajstić information content (AvgIpc) is 2.49. The fraction of sp³-hybridized carbons (Fsp3) is 0.250. The van der Waals surface area contributed by atoms with Crippen molar-refractivity contribution in [3.05, 3.63) is 53.6 Å². The van der Waals surface area contributed by atoms with Crippen LogP contribution in [0.15, 0.2) is 48.5 Å². The van der Waals surface area contributed by atoms with Crippen molar-refractivity contribution in [1.82, 2.24) is 0 Å². The minimum absolute atomic E-state index is 0.463. The molecular formula is C16H18ClNO2. The van der Waals surface area contributed by atoms with Crippen molar-refractivity contribution in [1.29, 1.82) is 0 Å². The van der Waals surface area contributed by atoms with Crippen LogP contribution < -0.4 is 10.5 Å². The Morgan fingerprint density at radius 2 is 1.70 bits per heavy atom. The lowest BCUT2D eigenvalue weighted by atomic mass is 10.1. The van der Waals surface area contributed by atoms with Crippen molar-refractivity contribution in [3.8, 4) is 16.9 Å². The summed E-state index contributed by atoms with van der Waals surface area (Å²) in [6.07, 6.45) is 0. The highest BCUT2D eigenvalue weighted by molar-refractivity contribution is 6.32. The van der Waals surface area contributed by atoms with Gasteiger partial charge in [-0.25, -0.2) is 0 Å². The van der Waals surface area contributed by atoms with Crippen molar-refractivity contribution in [2.24, 2.45) is 5.73 Å². The summed E-state index contributed by atoms with van der Waals surface area (Å²) >= 11 is 6.23. The highest BCUT2D eigenvalue weighted by Gasteiger charge is 2.04. The molecule has 2 aromatic rings. The fourth-order valence-electron chi connectivity index (χ4n) is 1.82. The summed E-state index contributed by atoms with van der Waals surface area (Å²) in [6, 6.07) is 15.9. The maximum absolute atomic E-state index is 6.23. The summed E-state index contributed by atoms with van der Waals surface area (Å²) in [7, 11) is 0. The molecule has 0 saturated heterocycles. The molecule has 0 spiro atoms. The Labute approximate surface area is 124 Å². The summed E-state index contributed by atoms with van der Waals surface area (Å²) < 4.78 is 10.8. The molecular weight excluding hydrogens is 274 g/mol. The van der Waals surface area contributed by atoms with E-state index >= 15 is 0 Å². The number of hydrogen-bond acceptors (Lipinski definition) is 3. The highest BCUT2D eigenvalue weighted by Crippen LogP contribution is 2.30. The zero-order valence-corrected chi connectivity index (χ0v) is 12.0. The molecule has 3 nitrogen and oxygen atoms in total. The number of hydrogen-bond donors (Lipinski definition) is 1. The molecule has 0 aliphatic heterocycles. The predicted molar refractivity (Wildman–Crippen MR) is 82.3 cm³/mol. The molecule has 0 amide bonds. The minimum atomic E-state index is 0.463. The number of nitrogens with two attached hydrogens (primary N) is 1. The molecule has 0 aliphatic rings. The van der Waals surface area contributed by atoms with Gasteiger partial charge in [0.25, 0.3) is 0 Å². The van der Waals surface area contributed by atoms with Crippen LogP contribution in [0.2, 0.25) is 5.02 Å². The number of benzene rings is 2. The number of halogens is 1. The van der Waals surface area contributed by atoms with Crippen LogP contribution in [0.3, 0.4) is 0 Å². The molecule has 0 saturated carbocycles. The predicted octanol–water partition coefficient (Wildman–Crippen LogP) is 3.36. The van der Waals surface area contributed by atoms with E-state index in [-0.39, 0.29) is 0 Å². The minimum Gasteiger partial charge on any atom is -0.490 e. The summed E-state index contributed by atoms with van der Waals surface area (Å²) in [5.41, 5.74) is 7.53. The molecule has 2 aromatic carbocycles. The summed E-state index contributed by atoms with van der Waals surface area (Å²) in [6.45, 7) is 2.04. The van der Waals surface area contributed by atoms with Crippen molar-refractivity contribution < 1.29 is 9.47 Å². The van der Waals surface area contributed by atoms with Gasteiger partial charge in [0, 0.05) is 6.54 Å². The molecule has 4 heteroatoms. The second-order valence-corrected chi connectivity index (χ2v) is 4.67. The lowest BCUT2D eigenvalue weighted by molar-refractivity contribution is 0.106. The zero-order chi connectivity index (χ0) is 14.2. The van der Waals surface area contributed by atoms with Crippen LogP contribution in [0.1, 0.15) is 0 Å². The molecule has 0 radical (unpaired) electrons. The van der Waals surface area contributed by atoms with E-state index in [1.165, 1.54) is 0 Å². The van der Waals surface area contributed by atoms with E-state index in [2.05, 4.69) is 0 Å². The van der Waals surface area contributed by atoms with Gasteiger partial charge in [-0.1, -0.05) is 48.0 Å². The van der Waals surface area contributed by atoms with Gasteiger partial charge in [0.15, 0.2) is 0 Å². The third-order valence-electron chi connectivity index (χ3n) is 2.79. The topological polar surface area (TPSA) is 44.5 Å². The zero-order valence-electron chi connectivity index (χ0n) is 11.2. The third kappa shape index (κ3) is 4.23. The molecule has 0 fully saturated rings. The Morgan fingerprint density at radius 1 is 0.900 bits per heavy atom. The Balaban J connectivity index is 1.96. The van der Waals surface area contributed by atoms with E-state index in [9.17, 15) is 0 Å². The molecule has 20 heavy (non-hydrogen) atoms. The van der Waals surface area contributed by atoms with Crippen molar-refractivity contribution in [2.75, 3.05) is 26.4 Å². The van der Waals surface area contributed by atoms with Gasteiger partial charge in [-0.3, -0.25) is 0 Å². The van der Waals surface area contributed by atoms with Crippen molar-refractivity contribution in [3.63, 3.8) is 0 Å². The van der Waals surface area contributed by atoms with Gasteiger partial charge in [0.1, 0.15) is 12.4 Å². The average molecular weight is 292 g/mol. The van der Waals surface area contributed by atoms with Gasteiger partial charge < -0.3 is 15.2 Å². The Kier molecular flexibility index (Phi) is 5.87. The van der Waals surface area contributed by atoms with Gasteiger partial charge in [-0.15, -0.1) is 0 Å². The van der Waals surface area contributed by atoms with Crippen LogP contribution in [-0.4, -0.2) is 26.4 Å². The highest BCUT2D eigenvalue weighted by atomic mass is 35.5. The van der Waals surface area contributed by atoms with Crippen LogP contribution >= 0.6 is 11.6 Å². The Hall–Kier alpha value is -1.55. The molecule has 0 atom stereocenters. The normalized spacial score (nSPS) is 10.5. The fourth-order valence-corrected chi connectivity index (χ4v) is 2.06. The monoisotopic (exact) mass is 291 g/mol. The second kappa shape index (κ2) is 7.90. The van der Waals surface area contributed by atoms with E-state index in [0.717, 1.165) is 11.1 Å². The van der Waals surface area contributed by atoms with Gasteiger partial charge in [-0.2, -0.15) is 0 Å².